The molecule has 3 amide bonds. The average Bonchev–Trinajstić information content (AvgIpc) is 3.59. The predicted molar refractivity (Wildman–Crippen MR) is 115 cm³/mol. The standard InChI is InChI=1S/C23H23N3O5/c1-14-12-20(27)25-18-4-2-3-5-19(18)26(14)21(28)13-31-23(30)16-8-10-17(11-9-16)24-22(29)15-6-7-15/h2-5,8-11,14-15H,6-7,12-13H2,1H3,(H,24,29)(H,25,27). The molecule has 8 heteroatoms. The SMILES string of the molecule is CC1CC(=O)Nc2ccccc2N1C(=O)COC(=O)c1ccc(NC(=O)C2CC2)cc1. The first-order valence-corrected chi connectivity index (χ1v) is 10.2. The minimum atomic E-state index is -0.640. The van der Waals surface area contributed by atoms with Gasteiger partial charge in [0.2, 0.25) is 11.8 Å². The molecule has 4 rings (SSSR count). The molecule has 1 saturated carbocycles. The minimum Gasteiger partial charge on any atom is -0.452 e. The van der Waals surface area contributed by atoms with E-state index in [9.17, 15) is 19.2 Å². The van der Waals surface area contributed by atoms with Crippen molar-refractivity contribution in [2.75, 3.05) is 22.1 Å². The number of para-hydroxylation sites is 2. The van der Waals surface area contributed by atoms with Crippen molar-refractivity contribution < 1.29 is 23.9 Å². The van der Waals surface area contributed by atoms with E-state index in [1.54, 1.807) is 55.5 Å². The molecule has 2 aliphatic rings. The lowest BCUT2D eigenvalue weighted by molar-refractivity contribution is -0.122. The molecule has 0 bridgehead atoms. The Morgan fingerprint density at radius 3 is 2.52 bits per heavy atom. The quantitative estimate of drug-likeness (QED) is 0.723. The number of rotatable bonds is 5. The molecule has 2 aromatic rings. The third-order valence-corrected chi connectivity index (χ3v) is 5.29. The third-order valence-electron chi connectivity index (χ3n) is 5.29. The van der Waals surface area contributed by atoms with E-state index in [-0.39, 0.29) is 35.8 Å². The first-order valence-electron chi connectivity index (χ1n) is 10.2. The van der Waals surface area contributed by atoms with Gasteiger partial charge in [0.25, 0.3) is 5.91 Å². The predicted octanol–water partition coefficient (Wildman–Crippen LogP) is 2.96. The molecule has 0 radical (unpaired) electrons. The lowest BCUT2D eigenvalue weighted by Crippen LogP contribution is -2.41. The zero-order valence-electron chi connectivity index (χ0n) is 17.1. The number of fused-ring (bicyclic) bond motifs is 1. The van der Waals surface area contributed by atoms with Gasteiger partial charge in [-0.3, -0.25) is 14.4 Å². The van der Waals surface area contributed by atoms with E-state index < -0.39 is 18.5 Å². The van der Waals surface area contributed by atoms with Crippen LogP contribution in [0, 0.1) is 5.92 Å². The maximum absolute atomic E-state index is 12.9. The number of ether oxygens (including phenoxy) is 1. The van der Waals surface area contributed by atoms with Crippen molar-refractivity contribution in [2.24, 2.45) is 5.92 Å². The monoisotopic (exact) mass is 421 g/mol. The molecule has 1 aliphatic heterocycles. The molecule has 0 saturated heterocycles. The number of nitrogens with one attached hydrogen (secondary N) is 2. The number of carbonyl (C=O) groups is 4. The summed E-state index contributed by atoms with van der Waals surface area (Å²) in [5, 5.41) is 5.59. The molecular formula is C23H23N3O5. The summed E-state index contributed by atoms with van der Waals surface area (Å²) in [6.07, 6.45) is 1.96. The number of hydrogen-bond acceptors (Lipinski definition) is 5. The van der Waals surface area contributed by atoms with Gasteiger partial charge in [0.1, 0.15) is 0 Å². The van der Waals surface area contributed by atoms with Crippen molar-refractivity contribution in [3.8, 4) is 0 Å². The second-order valence-corrected chi connectivity index (χ2v) is 7.80. The fourth-order valence-electron chi connectivity index (χ4n) is 3.53. The van der Waals surface area contributed by atoms with Crippen LogP contribution in [-0.2, 0) is 19.1 Å². The van der Waals surface area contributed by atoms with E-state index >= 15 is 0 Å². The van der Waals surface area contributed by atoms with Gasteiger partial charge < -0.3 is 20.3 Å². The van der Waals surface area contributed by atoms with Gasteiger partial charge in [-0.2, -0.15) is 0 Å². The molecule has 1 aliphatic carbocycles. The zero-order valence-corrected chi connectivity index (χ0v) is 17.1. The van der Waals surface area contributed by atoms with Gasteiger partial charge in [0.05, 0.1) is 16.9 Å². The molecule has 1 atom stereocenters. The summed E-state index contributed by atoms with van der Waals surface area (Å²) in [5.41, 5.74) is 1.99. The molecule has 0 aromatic heterocycles. The summed E-state index contributed by atoms with van der Waals surface area (Å²) < 4.78 is 5.22. The molecule has 1 heterocycles. The number of benzene rings is 2. The van der Waals surface area contributed by atoms with Crippen molar-refractivity contribution in [1.29, 1.82) is 0 Å². The van der Waals surface area contributed by atoms with Crippen molar-refractivity contribution in [3.63, 3.8) is 0 Å². The fraction of sp³-hybridized carbons (Fsp3) is 0.304. The maximum atomic E-state index is 12.9. The zero-order chi connectivity index (χ0) is 22.0. The second kappa shape index (κ2) is 8.59. The van der Waals surface area contributed by atoms with Crippen LogP contribution in [-0.4, -0.2) is 36.3 Å². The van der Waals surface area contributed by atoms with Gasteiger partial charge in [0.15, 0.2) is 6.61 Å². The van der Waals surface area contributed by atoms with Crippen LogP contribution in [0.25, 0.3) is 0 Å². The Morgan fingerprint density at radius 1 is 1.10 bits per heavy atom. The number of carbonyl (C=O) groups excluding carboxylic acids is 4. The van der Waals surface area contributed by atoms with Crippen LogP contribution >= 0.6 is 0 Å². The molecule has 1 fully saturated rings. The van der Waals surface area contributed by atoms with Gasteiger partial charge in [-0.15, -0.1) is 0 Å². The van der Waals surface area contributed by atoms with E-state index in [4.69, 9.17) is 4.74 Å². The molecule has 8 nitrogen and oxygen atoms in total. The van der Waals surface area contributed by atoms with Crippen molar-refractivity contribution >= 4 is 40.8 Å². The molecule has 2 N–H and O–H groups in total. The van der Waals surface area contributed by atoms with Crippen molar-refractivity contribution in [1.82, 2.24) is 0 Å². The highest BCUT2D eigenvalue weighted by atomic mass is 16.5. The van der Waals surface area contributed by atoms with Crippen LogP contribution in [0.2, 0.25) is 0 Å². The summed E-state index contributed by atoms with van der Waals surface area (Å²) in [6, 6.07) is 13.0. The number of amides is 3. The topological polar surface area (TPSA) is 105 Å². The minimum absolute atomic E-state index is 0.0132. The number of nitrogens with zero attached hydrogens (tertiary/aromatic N) is 1. The Kier molecular flexibility index (Phi) is 5.70. The number of esters is 1. The van der Waals surface area contributed by atoms with Crippen LogP contribution in [0.3, 0.4) is 0 Å². The summed E-state index contributed by atoms with van der Waals surface area (Å²) >= 11 is 0. The Labute approximate surface area is 179 Å². The first kappa shape index (κ1) is 20.6. The molecule has 31 heavy (non-hydrogen) atoms. The van der Waals surface area contributed by atoms with E-state index in [0.29, 0.717) is 17.1 Å². The van der Waals surface area contributed by atoms with Gasteiger partial charge in [-0.1, -0.05) is 12.1 Å². The van der Waals surface area contributed by atoms with E-state index in [1.165, 1.54) is 4.90 Å². The van der Waals surface area contributed by atoms with E-state index in [2.05, 4.69) is 10.6 Å². The first-order chi connectivity index (χ1) is 14.9. The van der Waals surface area contributed by atoms with Gasteiger partial charge >= 0.3 is 5.97 Å². The highest BCUT2D eigenvalue weighted by molar-refractivity contribution is 6.05. The Balaban J connectivity index is 1.39. The fourth-order valence-corrected chi connectivity index (χ4v) is 3.53. The lowest BCUT2D eigenvalue weighted by Gasteiger charge is -2.27. The van der Waals surface area contributed by atoms with Crippen LogP contribution in [0.4, 0.5) is 17.1 Å². The molecule has 0 spiro atoms. The van der Waals surface area contributed by atoms with Gasteiger partial charge in [-0.25, -0.2) is 4.79 Å². The average molecular weight is 421 g/mol. The summed E-state index contributed by atoms with van der Waals surface area (Å²) in [4.78, 5) is 50.6. The van der Waals surface area contributed by atoms with Gasteiger partial charge in [-0.05, 0) is 56.2 Å². The third kappa shape index (κ3) is 4.74. The smallest absolute Gasteiger partial charge is 0.338 e. The van der Waals surface area contributed by atoms with Crippen LogP contribution < -0.4 is 15.5 Å². The summed E-state index contributed by atoms with van der Waals surface area (Å²) in [7, 11) is 0. The molecule has 1 unspecified atom stereocenters. The summed E-state index contributed by atoms with van der Waals surface area (Å²) in [5.74, 6) is -1.16. The Bertz CT molecular complexity index is 1030. The largest absolute Gasteiger partial charge is 0.452 e. The normalized spacial score (nSPS) is 17.8. The van der Waals surface area contributed by atoms with E-state index in [1.807, 2.05) is 0 Å². The van der Waals surface area contributed by atoms with Crippen molar-refractivity contribution in [2.45, 2.75) is 32.2 Å². The maximum Gasteiger partial charge on any atom is 0.338 e. The highest BCUT2D eigenvalue weighted by Gasteiger charge is 2.31. The lowest BCUT2D eigenvalue weighted by atomic mass is 10.1. The molecule has 2 aromatic carbocycles. The highest BCUT2D eigenvalue weighted by Crippen LogP contribution is 2.31. The Hall–Kier alpha value is -3.68. The van der Waals surface area contributed by atoms with Crippen LogP contribution in [0.1, 0.15) is 36.5 Å². The Morgan fingerprint density at radius 2 is 1.81 bits per heavy atom. The van der Waals surface area contributed by atoms with E-state index in [0.717, 1.165) is 12.8 Å². The van der Waals surface area contributed by atoms with Crippen LogP contribution in [0.5, 0.6) is 0 Å². The molecule has 160 valence electrons. The summed E-state index contributed by atoms with van der Waals surface area (Å²) in [6.45, 7) is 1.32. The van der Waals surface area contributed by atoms with Crippen molar-refractivity contribution in [3.05, 3.63) is 54.1 Å². The van der Waals surface area contributed by atoms with Gasteiger partial charge in [0, 0.05) is 24.1 Å². The number of hydrogen-bond donors (Lipinski definition) is 2. The van der Waals surface area contributed by atoms with Crippen LogP contribution in [0.15, 0.2) is 48.5 Å². The number of anilines is 3. The molecular weight excluding hydrogens is 398 g/mol. The second-order valence-electron chi connectivity index (χ2n) is 7.80.